The second kappa shape index (κ2) is 6.48. The van der Waals surface area contributed by atoms with Gasteiger partial charge in [-0.2, -0.15) is 0 Å². The van der Waals surface area contributed by atoms with Gasteiger partial charge in [0.15, 0.2) is 0 Å². The molecule has 0 unspecified atom stereocenters. The van der Waals surface area contributed by atoms with Gasteiger partial charge in [0.1, 0.15) is 11.3 Å². The van der Waals surface area contributed by atoms with Crippen molar-refractivity contribution >= 4 is 22.7 Å². The van der Waals surface area contributed by atoms with Crippen molar-refractivity contribution in [3.63, 3.8) is 0 Å². The third-order valence-electron chi connectivity index (χ3n) is 3.69. The molecule has 0 bridgehead atoms. The number of benzene rings is 2. The van der Waals surface area contributed by atoms with Gasteiger partial charge in [-0.3, -0.25) is 25.2 Å². The maximum atomic E-state index is 12.2. The molecule has 0 aliphatic heterocycles. The van der Waals surface area contributed by atoms with Crippen LogP contribution in [0.25, 0.3) is 10.9 Å². The molecule has 3 rings (SSSR count). The number of nitrogens with one attached hydrogen (secondary N) is 3. The quantitative estimate of drug-likeness (QED) is 0.532. The van der Waals surface area contributed by atoms with E-state index in [1.165, 1.54) is 0 Å². The lowest BCUT2D eigenvalue weighted by molar-refractivity contribution is 0.0844. The van der Waals surface area contributed by atoms with Crippen LogP contribution in [0.4, 0.5) is 0 Å². The number of rotatable bonds is 2. The second-order valence-electron chi connectivity index (χ2n) is 5.50. The van der Waals surface area contributed by atoms with Gasteiger partial charge in [-0.05, 0) is 31.2 Å². The van der Waals surface area contributed by atoms with E-state index >= 15 is 0 Å². The van der Waals surface area contributed by atoms with Crippen LogP contribution in [0.5, 0.6) is 5.75 Å². The van der Waals surface area contributed by atoms with Crippen molar-refractivity contribution in [3.8, 4) is 5.75 Å². The third-order valence-corrected chi connectivity index (χ3v) is 3.69. The molecule has 0 spiro atoms. The van der Waals surface area contributed by atoms with E-state index in [1.54, 1.807) is 42.5 Å². The summed E-state index contributed by atoms with van der Waals surface area (Å²) in [6.07, 6.45) is 0. The van der Waals surface area contributed by atoms with Gasteiger partial charge in [0, 0.05) is 10.9 Å². The Morgan fingerprint density at radius 3 is 2.48 bits per heavy atom. The van der Waals surface area contributed by atoms with E-state index in [-0.39, 0.29) is 0 Å². The Kier molecular flexibility index (Phi) is 4.21. The molecular formula is C18H15N3O4. The van der Waals surface area contributed by atoms with Crippen LogP contribution in [0.15, 0.2) is 53.3 Å². The minimum atomic E-state index is -0.912. The molecule has 0 radical (unpaired) electrons. The molecule has 0 saturated carbocycles. The Balaban J connectivity index is 1.83. The van der Waals surface area contributed by atoms with Gasteiger partial charge in [0.2, 0.25) is 0 Å². The average molecular weight is 337 g/mol. The minimum Gasteiger partial charge on any atom is -0.506 e. The van der Waals surface area contributed by atoms with E-state index in [0.717, 1.165) is 5.56 Å². The summed E-state index contributed by atoms with van der Waals surface area (Å²) in [6, 6.07) is 13.3. The predicted octanol–water partition coefficient (Wildman–Crippen LogP) is 1.62. The smallest absolute Gasteiger partial charge is 0.279 e. The minimum absolute atomic E-state index is 0.331. The van der Waals surface area contributed by atoms with Gasteiger partial charge in [-0.25, -0.2) is 0 Å². The number of para-hydroxylation sites is 1. The van der Waals surface area contributed by atoms with Crippen LogP contribution in [-0.4, -0.2) is 21.9 Å². The maximum absolute atomic E-state index is 12.2. The van der Waals surface area contributed by atoms with Crippen LogP contribution in [0.3, 0.4) is 0 Å². The lowest BCUT2D eigenvalue weighted by atomic mass is 10.1. The van der Waals surface area contributed by atoms with Crippen molar-refractivity contribution in [2.24, 2.45) is 0 Å². The number of aromatic hydroxyl groups is 1. The Morgan fingerprint density at radius 2 is 1.72 bits per heavy atom. The number of hydrazine groups is 1. The van der Waals surface area contributed by atoms with Gasteiger partial charge in [-0.15, -0.1) is 0 Å². The van der Waals surface area contributed by atoms with Crippen molar-refractivity contribution in [3.05, 3.63) is 75.6 Å². The molecule has 126 valence electrons. The molecule has 7 heteroatoms. The zero-order valence-electron chi connectivity index (χ0n) is 13.3. The fourth-order valence-corrected chi connectivity index (χ4v) is 2.47. The number of carbonyl (C=O) groups excluding carboxylic acids is 2. The first-order valence-corrected chi connectivity index (χ1v) is 7.48. The molecule has 1 heterocycles. The summed E-state index contributed by atoms with van der Waals surface area (Å²) < 4.78 is 0. The van der Waals surface area contributed by atoms with E-state index in [1.807, 2.05) is 13.0 Å². The Hall–Kier alpha value is -3.61. The molecule has 0 aliphatic rings. The zero-order chi connectivity index (χ0) is 18.0. The first-order valence-electron chi connectivity index (χ1n) is 7.48. The largest absolute Gasteiger partial charge is 0.506 e. The number of pyridine rings is 1. The van der Waals surface area contributed by atoms with Gasteiger partial charge in [-0.1, -0.05) is 29.8 Å². The summed E-state index contributed by atoms with van der Waals surface area (Å²) in [5.41, 5.74) is 4.81. The molecule has 2 aromatic carbocycles. The number of hydrogen-bond acceptors (Lipinski definition) is 4. The summed E-state index contributed by atoms with van der Waals surface area (Å²) in [5, 5.41) is 10.6. The summed E-state index contributed by atoms with van der Waals surface area (Å²) in [5.74, 6) is -1.89. The van der Waals surface area contributed by atoms with Gasteiger partial charge < -0.3 is 10.1 Å². The average Bonchev–Trinajstić information content (AvgIpc) is 2.59. The van der Waals surface area contributed by atoms with Crippen molar-refractivity contribution in [1.82, 2.24) is 15.8 Å². The zero-order valence-corrected chi connectivity index (χ0v) is 13.3. The third kappa shape index (κ3) is 3.20. The normalized spacial score (nSPS) is 10.4. The Morgan fingerprint density at radius 1 is 1.00 bits per heavy atom. The second-order valence-corrected chi connectivity index (χ2v) is 5.50. The van der Waals surface area contributed by atoms with Crippen LogP contribution in [0.2, 0.25) is 0 Å². The van der Waals surface area contributed by atoms with Crippen molar-refractivity contribution in [2.45, 2.75) is 6.92 Å². The number of carbonyl (C=O) groups is 2. The molecule has 0 saturated heterocycles. The summed E-state index contributed by atoms with van der Waals surface area (Å²) in [4.78, 5) is 38.9. The number of aromatic nitrogens is 1. The highest BCUT2D eigenvalue weighted by molar-refractivity contribution is 6.03. The SMILES string of the molecule is Cc1cccc(C(=O)NNC(=O)c2c(O)c3ccccc3[nH]c2=O)c1. The number of fused-ring (bicyclic) bond motifs is 1. The highest BCUT2D eigenvalue weighted by Gasteiger charge is 2.19. The van der Waals surface area contributed by atoms with Crippen molar-refractivity contribution in [2.75, 3.05) is 0 Å². The topological polar surface area (TPSA) is 111 Å². The highest BCUT2D eigenvalue weighted by atomic mass is 16.3. The molecule has 2 amide bonds. The molecule has 1 aromatic heterocycles. The monoisotopic (exact) mass is 337 g/mol. The fourth-order valence-electron chi connectivity index (χ4n) is 2.47. The van der Waals surface area contributed by atoms with Gasteiger partial charge >= 0.3 is 0 Å². The van der Waals surface area contributed by atoms with Crippen molar-refractivity contribution in [1.29, 1.82) is 0 Å². The van der Waals surface area contributed by atoms with Crippen molar-refractivity contribution < 1.29 is 14.7 Å². The van der Waals surface area contributed by atoms with Crippen LogP contribution >= 0.6 is 0 Å². The molecule has 0 atom stereocenters. The standard InChI is InChI=1S/C18H15N3O4/c1-10-5-4-6-11(9-10)16(23)20-21-18(25)14-15(22)12-7-2-3-8-13(12)19-17(14)24/h2-9H,1H3,(H,20,23)(H,21,25)(H2,19,22,24). The first-order chi connectivity index (χ1) is 12.0. The van der Waals surface area contributed by atoms with Gasteiger partial charge in [0.25, 0.3) is 17.4 Å². The van der Waals surface area contributed by atoms with E-state index in [2.05, 4.69) is 15.8 Å². The highest BCUT2D eigenvalue weighted by Crippen LogP contribution is 2.24. The lowest BCUT2D eigenvalue weighted by Gasteiger charge is -2.10. The molecule has 3 aromatic rings. The Bertz CT molecular complexity index is 1040. The van der Waals surface area contributed by atoms with E-state index < -0.39 is 28.7 Å². The number of amides is 2. The molecule has 4 N–H and O–H groups in total. The summed E-state index contributed by atoms with van der Waals surface area (Å²) in [6.45, 7) is 1.84. The molecule has 0 aliphatic carbocycles. The summed E-state index contributed by atoms with van der Waals surface area (Å²) >= 11 is 0. The Labute approximate surface area is 142 Å². The van der Waals surface area contributed by atoms with E-state index in [0.29, 0.717) is 16.5 Å². The molecular weight excluding hydrogens is 322 g/mol. The molecule has 7 nitrogen and oxygen atoms in total. The molecule has 0 fully saturated rings. The summed E-state index contributed by atoms with van der Waals surface area (Å²) in [7, 11) is 0. The predicted molar refractivity (Wildman–Crippen MR) is 92.3 cm³/mol. The fraction of sp³-hybridized carbons (Fsp3) is 0.0556. The van der Waals surface area contributed by atoms with E-state index in [9.17, 15) is 19.5 Å². The first kappa shape index (κ1) is 16.3. The number of aromatic amines is 1. The lowest BCUT2D eigenvalue weighted by Crippen LogP contribution is -2.43. The number of hydrogen-bond donors (Lipinski definition) is 4. The van der Waals surface area contributed by atoms with Crippen LogP contribution in [-0.2, 0) is 0 Å². The van der Waals surface area contributed by atoms with Gasteiger partial charge in [0.05, 0.1) is 5.52 Å². The maximum Gasteiger partial charge on any atom is 0.279 e. The van der Waals surface area contributed by atoms with Crippen LogP contribution in [0, 0.1) is 6.92 Å². The molecule has 25 heavy (non-hydrogen) atoms. The van der Waals surface area contributed by atoms with Crippen LogP contribution in [0.1, 0.15) is 26.3 Å². The number of H-pyrrole nitrogens is 1. The van der Waals surface area contributed by atoms with E-state index in [4.69, 9.17) is 0 Å². The van der Waals surface area contributed by atoms with Crippen LogP contribution < -0.4 is 16.4 Å². The number of aryl methyl sites for hydroxylation is 1.